The number of aryl methyl sites for hydroxylation is 3. The van der Waals surface area contributed by atoms with E-state index in [1.54, 1.807) is 0 Å². The quantitative estimate of drug-likeness (QED) is 0.666. The summed E-state index contributed by atoms with van der Waals surface area (Å²) in [6, 6.07) is 16.5. The Morgan fingerprint density at radius 1 is 0.966 bits per heavy atom. The molecule has 6 heteroatoms. The molecule has 0 aliphatic carbocycles. The van der Waals surface area contributed by atoms with Crippen LogP contribution in [0.5, 0.6) is 0 Å². The number of aromatic nitrogens is 2. The molecule has 0 bridgehead atoms. The molecule has 1 saturated heterocycles. The highest BCUT2D eigenvalue weighted by Crippen LogP contribution is 2.20. The molecule has 2 aromatic carbocycles. The normalized spacial score (nSPS) is 14.3. The summed E-state index contributed by atoms with van der Waals surface area (Å²) in [4.78, 5) is 16.9. The molecular formula is C23H26N4O2. The van der Waals surface area contributed by atoms with Crippen molar-refractivity contribution >= 4 is 11.6 Å². The first-order chi connectivity index (χ1) is 14.1. The molecule has 2 heterocycles. The standard InChI is InChI=1S/C23H26N4O2/c1-17-5-3-7-19(15-17)23-25-24-21(29-23)9-10-22(28)27-13-11-26(12-14-27)20-8-4-6-18(2)16-20/h3-8,15-16H,9-14H2,1-2H3. The molecule has 0 atom stereocenters. The van der Waals surface area contributed by atoms with E-state index in [1.165, 1.54) is 11.3 Å². The lowest BCUT2D eigenvalue weighted by atomic mass is 10.1. The zero-order valence-electron chi connectivity index (χ0n) is 17.0. The van der Waals surface area contributed by atoms with Crippen LogP contribution in [-0.4, -0.2) is 47.2 Å². The van der Waals surface area contributed by atoms with Gasteiger partial charge in [-0.15, -0.1) is 10.2 Å². The zero-order valence-corrected chi connectivity index (χ0v) is 17.0. The molecule has 4 rings (SSSR count). The predicted octanol–water partition coefficient (Wildman–Crippen LogP) is 3.63. The van der Waals surface area contributed by atoms with Crippen LogP contribution in [0.3, 0.4) is 0 Å². The summed E-state index contributed by atoms with van der Waals surface area (Å²) in [5.41, 5.74) is 4.53. The molecule has 0 N–H and O–H groups in total. The van der Waals surface area contributed by atoms with Crippen LogP contribution in [0.4, 0.5) is 5.69 Å². The average Bonchev–Trinajstić information content (AvgIpc) is 3.21. The van der Waals surface area contributed by atoms with Gasteiger partial charge in [0.15, 0.2) is 0 Å². The molecule has 0 spiro atoms. The van der Waals surface area contributed by atoms with Gasteiger partial charge in [-0.05, 0) is 43.7 Å². The summed E-state index contributed by atoms with van der Waals surface area (Å²) in [7, 11) is 0. The third-order valence-electron chi connectivity index (χ3n) is 5.28. The van der Waals surface area contributed by atoms with Crippen molar-refractivity contribution in [3.63, 3.8) is 0 Å². The van der Waals surface area contributed by atoms with Gasteiger partial charge in [-0.1, -0.05) is 29.8 Å². The van der Waals surface area contributed by atoms with Crippen LogP contribution in [0.25, 0.3) is 11.5 Å². The van der Waals surface area contributed by atoms with E-state index in [1.807, 2.05) is 36.1 Å². The molecule has 0 radical (unpaired) electrons. The number of anilines is 1. The van der Waals surface area contributed by atoms with Crippen molar-refractivity contribution in [1.29, 1.82) is 0 Å². The maximum Gasteiger partial charge on any atom is 0.247 e. The lowest BCUT2D eigenvalue weighted by Crippen LogP contribution is -2.48. The first-order valence-corrected chi connectivity index (χ1v) is 10.1. The van der Waals surface area contributed by atoms with E-state index >= 15 is 0 Å². The predicted molar refractivity (Wildman–Crippen MR) is 113 cm³/mol. The van der Waals surface area contributed by atoms with Crippen LogP contribution in [-0.2, 0) is 11.2 Å². The molecule has 1 fully saturated rings. The average molecular weight is 390 g/mol. The molecule has 0 unspecified atom stereocenters. The van der Waals surface area contributed by atoms with Gasteiger partial charge in [-0.3, -0.25) is 4.79 Å². The fraction of sp³-hybridized carbons (Fsp3) is 0.348. The van der Waals surface area contributed by atoms with Crippen molar-refractivity contribution in [1.82, 2.24) is 15.1 Å². The second-order valence-corrected chi connectivity index (χ2v) is 7.58. The number of hydrogen-bond acceptors (Lipinski definition) is 5. The van der Waals surface area contributed by atoms with Crippen LogP contribution >= 0.6 is 0 Å². The number of nitrogens with zero attached hydrogens (tertiary/aromatic N) is 4. The fourth-order valence-electron chi connectivity index (χ4n) is 3.66. The largest absolute Gasteiger partial charge is 0.421 e. The fourth-order valence-corrected chi connectivity index (χ4v) is 3.66. The van der Waals surface area contributed by atoms with E-state index in [2.05, 4.69) is 46.3 Å². The second-order valence-electron chi connectivity index (χ2n) is 7.58. The van der Waals surface area contributed by atoms with E-state index < -0.39 is 0 Å². The van der Waals surface area contributed by atoms with Gasteiger partial charge in [0.1, 0.15) is 0 Å². The number of benzene rings is 2. The number of hydrogen-bond donors (Lipinski definition) is 0. The van der Waals surface area contributed by atoms with Crippen molar-refractivity contribution < 1.29 is 9.21 Å². The monoisotopic (exact) mass is 390 g/mol. The Labute approximate surface area is 171 Å². The zero-order chi connectivity index (χ0) is 20.2. The molecule has 150 valence electrons. The van der Waals surface area contributed by atoms with Crippen LogP contribution in [0, 0.1) is 13.8 Å². The molecule has 1 amide bonds. The van der Waals surface area contributed by atoms with Crippen molar-refractivity contribution in [3.05, 3.63) is 65.5 Å². The molecule has 3 aromatic rings. The highest BCUT2D eigenvalue weighted by atomic mass is 16.4. The van der Waals surface area contributed by atoms with Gasteiger partial charge < -0.3 is 14.2 Å². The minimum absolute atomic E-state index is 0.143. The number of amides is 1. The second kappa shape index (κ2) is 8.47. The minimum atomic E-state index is 0.143. The number of carbonyl (C=O) groups is 1. The smallest absolute Gasteiger partial charge is 0.247 e. The number of piperazine rings is 1. The van der Waals surface area contributed by atoms with Gasteiger partial charge in [0.2, 0.25) is 17.7 Å². The summed E-state index contributed by atoms with van der Waals surface area (Å²) >= 11 is 0. The highest BCUT2D eigenvalue weighted by molar-refractivity contribution is 5.76. The van der Waals surface area contributed by atoms with E-state index in [-0.39, 0.29) is 5.91 Å². The van der Waals surface area contributed by atoms with E-state index in [4.69, 9.17) is 4.42 Å². The minimum Gasteiger partial charge on any atom is -0.421 e. The lowest BCUT2D eigenvalue weighted by Gasteiger charge is -2.36. The van der Waals surface area contributed by atoms with Crippen LogP contribution < -0.4 is 4.90 Å². The lowest BCUT2D eigenvalue weighted by molar-refractivity contribution is -0.131. The maximum absolute atomic E-state index is 12.6. The third-order valence-corrected chi connectivity index (χ3v) is 5.28. The Hall–Kier alpha value is -3.15. The SMILES string of the molecule is Cc1cccc(-c2nnc(CCC(=O)N3CCN(c4cccc(C)c4)CC3)o2)c1. The van der Waals surface area contributed by atoms with Gasteiger partial charge >= 0.3 is 0 Å². The molecular weight excluding hydrogens is 364 g/mol. The van der Waals surface area contributed by atoms with Crippen molar-refractivity contribution in [2.45, 2.75) is 26.7 Å². The van der Waals surface area contributed by atoms with Crippen molar-refractivity contribution in [2.75, 3.05) is 31.1 Å². The van der Waals surface area contributed by atoms with Gasteiger partial charge in [-0.2, -0.15) is 0 Å². The Morgan fingerprint density at radius 3 is 2.41 bits per heavy atom. The van der Waals surface area contributed by atoms with Crippen molar-refractivity contribution in [3.8, 4) is 11.5 Å². The van der Waals surface area contributed by atoms with Gasteiger partial charge in [0.05, 0.1) is 0 Å². The Bertz CT molecular complexity index is 990. The summed E-state index contributed by atoms with van der Waals surface area (Å²) in [5.74, 6) is 1.15. The third kappa shape index (κ3) is 4.65. The highest BCUT2D eigenvalue weighted by Gasteiger charge is 2.22. The van der Waals surface area contributed by atoms with Gasteiger partial charge in [0, 0.05) is 50.3 Å². The molecule has 29 heavy (non-hydrogen) atoms. The summed E-state index contributed by atoms with van der Waals surface area (Å²) in [6.07, 6.45) is 0.857. The van der Waals surface area contributed by atoms with Crippen LogP contribution in [0.2, 0.25) is 0 Å². The van der Waals surface area contributed by atoms with Gasteiger partial charge in [-0.25, -0.2) is 0 Å². The molecule has 1 aliphatic heterocycles. The number of carbonyl (C=O) groups excluding carboxylic acids is 1. The first-order valence-electron chi connectivity index (χ1n) is 10.1. The topological polar surface area (TPSA) is 62.5 Å². The van der Waals surface area contributed by atoms with Crippen LogP contribution in [0.15, 0.2) is 52.9 Å². The summed E-state index contributed by atoms with van der Waals surface area (Å²) in [6.45, 7) is 7.32. The molecule has 6 nitrogen and oxygen atoms in total. The first kappa shape index (κ1) is 19.2. The van der Waals surface area contributed by atoms with Gasteiger partial charge in [0.25, 0.3) is 0 Å². The summed E-state index contributed by atoms with van der Waals surface area (Å²) in [5, 5.41) is 8.22. The van der Waals surface area contributed by atoms with Crippen molar-refractivity contribution in [2.24, 2.45) is 0 Å². The van der Waals surface area contributed by atoms with E-state index in [0.29, 0.717) is 24.6 Å². The van der Waals surface area contributed by atoms with Crippen LogP contribution in [0.1, 0.15) is 23.4 Å². The summed E-state index contributed by atoms with van der Waals surface area (Å²) < 4.78 is 5.75. The molecule has 1 aromatic heterocycles. The maximum atomic E-state index is 12.6. The van der Waals surface area contributed by atoms with E-state index in [0.717, 1.165) is 37.3 Å². The molecule has 0 saturated carbocycles. The Morgan fingerprint density at radius 2 is 1.69 bits per heavy atom. The van der Waals surface area contributed by atoms with E-state index in [9.17, 15) is 4.79 Å². The number of rotatable bonds is 5. The Balaban J connectivity index is 1.29. The Kier molecular flexibility index (Phi) is 5.60. The molecule has 1 aliphatic rings.